The zero-order valence-electron chi connectivity index (χ0n) is 16.7. The number of hydrogen-bond acceptors (Lipinski definition) is 4. The quantitative estimate of drug-likeness (QED) is 0.533. The van der Waals surface area contributed by atoms with Crippen molar-refractivity contribution in [3.8, 4) is 11.3 Å². The van der Waals surface area contributed by atoms with Crippen molar-refractivity contribution in [3.05, 3.63) is 77.7 Å². The van der Waals surface area contributed by atoms with Crippen LogP contribution in [0.5, 0.6) is 0 Å². The van der Waals surface area contributed by atoms with E-state index in [2.05, 4.69) is 14.7 Å². The maximum Gasteiger partial charge on any atom is 0.261 e. The summed E-state index contributed by atoms with van der Waals surface area (Å²) in [7, 11) is -3.68. The van der Waals surface area contributed by atoms with Crippen LogP contribution in [0.2, 0.25) is 0 Å². The minimum Gasteiger partial charge on any atom is -0.291 e. The molecule has 2 aromatic carbocycles. The topological polar surface area (TPSA) is 76.4 Å². The number of rotatable bonds is 4. The minimum atomic E-state index is -3.68. The highest BCUT2D eigenvalue weighted by molar-refractivity contribution is 7.92. The molecule has 0 spiro atoms. The molecule has 0 saturated carbocycles. The van der Waals surface area contributed by atoms with Gasteiger partial charge >= 0.3 is 0 Å². The second kappa shape index (κ2) is 7.25. The Balaban J connectivity index is 1.49. The number of benzene rings is 2. The van der Waals surface area contributed by atoms with Gasteiger partial charge in [0.05, 0.1) is 16.3 Å². The van der Waals surface area contributed by atoms with Crippen molar-refractivity contribution in [3.63, 3.8) is 0 Å². The lowest BCUT2D eigenvalue weighted by molar-refractivity contribution is 0.600. The van der Waals surface area contributed by atoms with Gasteiger partial charge in [-0.3, -0.25) is 9.12 Å². The molecule has 4 aromatic rings. The monoisotopic (exact) mass is 418 g/mol. The van der Waals surface area contributed by atoms with Crippen LogP contribution in [0, 0.1) is 6.92 Å². The molecule has 0 atom stereocenters. The van der Waals surface area contributed by atoms with Gasteiger partial charge in [0.2, 0.25) is 5.78 Å². The van der Waals surface area contributed by atoms with E-state index in [1.807, 2.05) is 60.1 Å². The third kappa shape index (κ3) is 3.45. The summed E-state index contributed by atoms with van der Waals surface area (Å²) < 4.78 is 30.8. The van der Waals surface area contributed by atoms with Crippen molar-refractivity contribution in [2.24, 2.45) is 0 Å². The Kier molecular flexibility index (Phi) is 4.55. The highest BCUT2D eigenvalue weighted by Gasteiger charge is 2.19. The Morgan fingerprint density at radius 3 is 2.70 bits per heavy atom. The lowest BCUT2D eigenvalue weighted by Crippen LogP contribution is -2.15. The third-order valence-corrected chi connectivity index (χ3v) is 7.01. The molecule has 2 aromatic heterocycles. The third-order valence-electron chi connectivity index (χ3n) is 5.64. The molecule has 0 saturated heterocycles. The minimum absolute atomic E-state index is 0.310. The number of nitrogens with zero attached hydrogens (tertiary/aromatic N) is 3. The highest BCUT2D eigenvalue weighted by atomic mass is 32.2. The Morgan fingerprint density at radius 1 is 1.03 bits per heavy atom. The van der Waals surface area contributed by atoms with Crippen LogP contribution in [0.1, 0.15) is 29.5 Å². The van der Waals surface area contributed by atoms with Crippen molar-refractivity contribution in [2.75, 3.05) is 4.72 Å². The number of aromatic nitrogens is 3. The summed E-state index contributed by atoms with van der Waals surface area (Å²) in [6.45, 7) is 1.89. The number of sulfonamides is 1. The molecule has 6 nitrogen and oxygen atoms in total. The summed E-state index contributed by atoms with van der Waals surface area (Å²) in [5, 5.41) is 0. The Morgan fingerprint density at radius 2 is 1.87 bits per heavy atom. The van der Waals surface area contributed by atoms with Gasteiger partial charge in [0.25, 0.3) is 10.0 Å². The van der Waals surface area contributed by atoms with Crippen molar-refractivity contribution in [1.29, 1.82) is 0 Å². The summed E-state index contributed by atoms with van der Waals surface area (Å²) in [5.41, 5.74) is 5.38. The van der Waals surface area contributed by atoms with Crippen LogP contribution in [-0.2, 0) is 22.9 Å². The van der Waals surface area contributed by atoms with Crippen LogP contribution in [0.4, 0.5) is 5.69 Å². The van der Waals surface area contributed by atoms with Gasteiger partial charge in [-0.1, -0.05) is 18.2 Å². The van der Waals surface area contributed by atoms with Crippen molar-refractivity contribution in [2.45, 2.75) is 37.5 Å². The molecule has 0 fully saturated rings. The largest absolute Gasteiger partial charge is 0.291 e. The van der Waals surface area contributed by atoms with E-state index >= 15 is 0 Å². The van der Waals surface area contributed by atoms with E-state index in [0.29, 0.717) is 16.4 Å². The van der Waals surface area contributed by atoms with Gasteiger partial charge in [-0.15, -0.1) is 0 Å². The molecule has 1 aliphatic carbocycles. The van der Waals surface area contributed by atoms with Crippen molar-refractivity contribution >= 4 is 21.5 Å². The number of nitrogens with one attached hydrogen (secondary N) is 1. The predicted octanol–water partition coefficient (Wildman–Crippen LogP) is 4.38. The molecular weight excluding hydrogens is 396 g/mol. The second-order valence-corrected chi connectivity index (χ2v) is 9.41. The van der Waals surface area contributed by atoms with E-state index in [9.17, 15) is 8.42 Å². The normalized spacial score (nSPS) is 13.9. The van der Waals surface area contributed by atoms with Gasteiger partial charge in [0.1, 0.15) is 0 Å². The lowest BCUT2D eigenvalue weighted by Gasteiger charge is -2.17. The van der Waals surface area contributed by atoms with Gasteiger partial charge in [0, 0.05) is 24.2 Å². The van der Waals surface area contributed by atoms with Gasteiger partial charge in [-0.25, -0.2) is 18.4 Å². The maximum absolute atomic E-state index is 13.1. The summed E-state index contributed by atoms with van der Waals surface area (Å²) in [6, 6.07) is 13.0. The highest BCUT2D eigenvalue weighted by Crippen LogP contribution is 2.29. The molecular formula is C23H22N4O2S. The molecule has 7 heteroatoms. The van der Waals surface area contributed by atoms with E-state index in [0.717, 1.165) is 41.6 Å². The molecule has 30 heavy (non-hydrogen) atoms. The van der Waals surface area contributed by atoms with E-state index in [1.165, 1.54) is 12.0 Å². The molecule has 0 bridgehead atoms. The second-order valence-electron chi connectivity index (χ2n) is 7.73. The van der Waals surface area contributed by atoms with Crippen LogP contribution < -0.4 is 4.72 Å². The number of fused-ring (bicyclic) bond motifs is 2. The fourth-order valence-electron chi connectivity index (χ4n) is 3.94. The molecule has 5 rings (SSSR count). The standard InChI is InChI=1S/C23H22N4O2S/c1-16-7-8-19(22-15-27-12-4-11-24-23(27)25-22)14-21(16)26-30(28,29)20-10-9-17-5-2-3-6-18(17)13-20/h4,7-15,26H,2-3,5-6H2,1H3. The van der Waals surface area contributed by atoms with Gasteiger partial charge < -0.3 is 0 Å². The Bertz CT molecular complexity index is 1330. The van der Waals surface area contributed by atoms with E-state index < -0.39 is 10.0 Å². The van der Waals surface area contributed by atoms with Gasteiger partial charge in [0.15, 0.2) is 0 Å². The van der Waals surface area contributed by atoms with E-state index in [4.69, 9.17) is 0 Å². The van der Waals surface area contributed by atoms with Crippen molar-refractivity contribution in [1.82, 2.24) is 14.4 Å². The average molecular weight is 419 g/mol. The molecule has 2 heterocycles. The molecule has 0 unspecified atom stereocenters. The molecule has 0 aliphatic heterocycles. The van der Waals surface area contributed by atoms with E-state index in [1.54, 1.807) is 12.3 Å². The zero-order chi connectivity index (χ0) is 20.7. The summed E-state index contributed by atoms with van der Waals surface area (Å²) in [6.07, 6.45) is 9.70. The molecule has 0 radical (unpaired) electrons. The summed E-state index contributed by atoms with van der Waals surface area (Å²) >= 11 is 0. The van der Waals surface area contributed by atoms with Crippen LogP contribution in [0.3, 0.4) is 0 Å². The first-order chi connectivity index (χ1) is 14.5. The first-order valence-electron chi connectivity index (χ1n) is 10.0. The van der Waals surface area contributed by atoms with Gasteiger partial charge in [-0.2, -0.15) is 0 Å². The average Bonchev–Trinajstić information content (AvgIpc) is 3.19. The lowest BCUT2D eigenvalue weighted by atomic mass is 9.92. The van der Waals surface area contributed by atoms with Crippen LogP contribution in [-0.4, -0.2) is 22.8 Å². The zero-order valence-corrected chi connectivity index (χ0v) is 17.5. The summed E-state index contributed by atoms with van der Waals surface area (Å²) in [5.74, 6) is 0.601. The van der Waals surface area contributed by atoms with Crippen molar-refractivity contribution < 1.29 is 8.42 Å². The summed E-state index contributed by atoms with van der Waals surface area (Å²) in [4.78, 5) is 9.08. The Labute approximate surface area is 175 Å². The fraction of sp³-hybridized carbons (Fsp3) is 0.217. The molecule has 152 valence electrons. The molecule has 0 amide bonds. The number of hydrogen-bond donors (Lipinski definition) is 1. The SMILES string of the molecule is Cc1ccc(-c2cn3cccnc3n2)cc1NS(=O)(=O)c1ccc2c(c1)CCCC2. The van der Waals surface area contributed by atoms with Crippen LogP contribution in [0.25, 0.3) is 17.0 Å². The van der Waals surface area contributed by atoms with E-state index in [-0.39, 0.29) is 0 Å². The number of imidazole rings is 1. The first kappa shape index (κ1) is 18.8. The van der Waals surface area contributed by atoms with Gasteiger partial charge in [-0.05, 0) is 73.6 Å². The smallest absolute Gasteiger partial charge is 0.261 e. The number of anilines is 1. The molecule has 1 N–H and O–H groups in total. The first-order valence-corrected chi connectivity index (χ1v) is 11.5. The maximum atomic E-state index is 13.1. The van der Waals surface area contributed by atoms with Crippen LogP contribution >= 0.6 is 0 Å². The predicted molar refractivity (Wildman–Crippen MR) is 117 cm³/mol. The molecule has 1 aliphatic rings. The number of aryl methyl sites for hydroxylation is 3. The Hall–Kier alpha value is -3.19. The fourth-order valence-corrected chi connectivity index (χ4v) is 5.11. The van der Waals surface area contributed by atoms with Crippen LogP contribution in [0.15, 0.2) is 66.0 Å².